The molecule has 1 amide bonds. The number of carbonyl (C=O) groups excluding carboxylic acids is 1. The van der Waals surface area contributed by atoms with Crippen molar-refractivity contribution in [1.82, 2.24) is 5.32 Å². The standard InChI is InChI=1S/C18H22N2O/c1-12-8-10-15(11-9-12)17(19)18(21)20-14(3)16-7-5-4-6-13(16)2/h4-11,14,17H,19H2,1-3H3,(H,20,21)/t14-,17?/m0/s1. The van der Waals surface area contributed by atoms with Crippen molar-refractivity contribution in [1.29, 1.82) is 0 Å². The van der Waals surface area contributed by atoms with Crippen molar-refractivity contribution in [2.75, 3.05) is 0 Å². The molecule has 2 aromatic rings. The molecule has 3 N–H and O–H groups in total. The fourth-order valence-corrected chi connectivity index (χ4v) is 2.38. The van der Waals surface area contributed by atoms with Gasteiger partial charge in [0, 0.05) is 0 Å². The molecule has 1 unspecified atom stereocenters. The van der Waals surface area contributed by atoms with E-state index in [9.17, 15) is 4.79 Å². The third kappa shape index (κ3) is 3.70. The fraction of sp³-hybridized carbons (Fsp3) is 0.278. The number of benzene rings is 2. The van der Waals surface area contributed by atoms with Crippen LogP contribution in [-0.4, -0.2) is 5.91 Å². The molecular weight excluding hydrogens is 260 g/mol. The largest absolute Gasteiger partial charge is 0.348 e. The van der Waals surface area contributed by atoms with E-state index >= 15 is 0 Å². The van der Waals surface area contributed by atoms with Gasteiger partial charge >= 0.3 is 0 Å². The van der Waals surface area contributed by atoms with Crippen molar-refractivity contribution in [3.05, 3.63) is 70.8 Å². The molecule has 0 radical (unpaired) electrons. The van der Waals surface area contributed by atoms with Crippen LogP contribution >= 0.6 is 0 Å². The Morgan fingerprint density at radius 2 is 1.67 bits per heavy atom. The van der Waals surface area contributed by atoms with Gasteiger partial charge in [0.2, 0.25) is 5.91 Å². The molecule has 0 spiro atoms. The van der Waals surface area contributed by atoms with Crippen LogP contribution in [0.2, 0.25) is 0 Å². The van der Waals surface area contributed by atoms with Crippen LogP contribution in [0, 0.1) is 13.8 Å². The molecule has 0 heterocycles. The summed E-state index contributed by atoms with van der Waals surface area (Å²) >= 11 is 0. The zero-order valence-electron chi connectivity index (χ0n) is 12.8. The van der Waals surface area contributed by atoms with Gasteiger partial charge in [-0.1, -0.05) is 54.1 Å². The van der Waals surface area contributed by atoms with E-state index in [2.05, 4.69) is 5.32 Å². The lowest BCUT2D eigenvalue weighted by atomic mass is 10.0. The predicted octanol–water partition coefficient (Wildman–Crippen LogP) is 3.18. The third-order valence-electron chi connectivity index (χ3n) is 3.73. The highest BCUT2D eigenvalue weighted by molar-refractivity contribution is 5.83. The summed E-state index contributed by atoms with van der Waals surface area (Å²) in [5.41, 5.74) is 10.3. The van der Waals surface area contributed by atoms with Crippen LogP contribution in [0.3, 0.4) is 0 Å². The molecular formula is C18H22N2O. The number of hydrogen-bond donors (Lipinski definition) is 2. The molecule has 0 saturated heterocycles. The van der Waals surface area contributed by atoms with Gasteiger partial charge in [0.25, 0.3) is 0 Å². The van der Waals surface area contributed by atoms with Crippen LogP contribution in [0.15, 0.2) is 48.5 Å². The van der Waals surface area contributed by atoms with E-state index in [0.717, 1.165) is 22.3 Å². The minimum atomic E-state index is -0.642. The van der Waals surface area contributed by atoms with Crippen LogP contribution in [0.25, 0.3) is 0 Å². The van der Waals surface area contributed by atoms with Crippen molar-refractivity contribution in [2.45, 2.75) is 32.9 Å². The number of nitrogens with two attached hydrogens (primary N) is 1. The van der Waals surface area contributed by atoms with Crippen molar-refractivity contribution in [2.24, 2.45) is 5.73 Å². The van der Waals surface area contributed by atoms with Crippen LogP contribution < -0.4 is 11.1 Å². The van der Waals surface area contributed by atoms with Crippen LogP contribution in [0.1, 0.15) is 41.3 Å². The Labute approximate surface area is 126 Å². The highest BCUT2D eigenvalue weighted by atomic mass is 16.2. The summed E-state index contributed by atoms with van der Waals surface area (Å²) in [7, 11) is 0. The molecule has 0 saturated carbocycles. The predicted molar refractivity (Wildman–Crippen MR) is 85.8 cm³/mol. The van der Waals surface area contributed by atoms with E-state index in [1.54, 1.807) is 0 Å². The second-order valence-electron chi connectivity index (χ2n) is 5.48. The Bertz CT molecular complexity index is 619. The molecule has 0 aliphatic heterocycles. The molecule has 3 heteroatoms. The molecule has 0 aliphatic rings. The van der Waals surface area contributed by atoms with Gasteiger partial charge in [-0.25, -0.2) is 0 Å². The molecule has 3 nitrogen and oxygen atoms in total. The first-order chi connectivity index (χ1) is 9.99. The minimum Gasteiger partial charge on any atom is -0.348 e. The molecule has 0 bridgehead atoms. The summed E-state index contributed by atoms with van der Waals surface area (Å²) < 4.78 is 0. The first-order valence-electron chi connectivity index (χ1n) is 7.17. The maximum atomic E-state index is 12.3. The second-order valence-corrected chi connectivity index (χ2v) is 5.48. The number of hydrogen-bond acceptors (Lipinski definition) is 2. The molecule has 0 aliphatic carbocycles. The monoisotopic (exact) mass is 282 g/mol. The van der Waals surface area contributed by atoms with Crippen molar-refractivity contribution in [3.63, 3.8) is 0 Å². The summed E-state index contributed by atoms with van der Waals surface area (Å²) in [6.07, 6.45) is 0. The topological polar surface area (TPSA) is 55.1 Å². The van der Waals surface area contributed by atoms with E-state index in [4.69, 9.17) is 5.73 Å². The Morgan fingerprint density at radius 3 is 2.29 bits per heavy atom. The number of rotatable bonds is 4. The average Bonchev–Trinajstić information content (AvgIpc) is 2.47. The zero-order valence-corrected chi connectivity index (χ0v) is 12.8. The first kappa shape index (κ1) is 15.3. The maximum absolute atomic E-state index is 12.3. The molecule has 21 heavy (non-hydrogen) atoms. The summed E-state index contributed by atoms with van der Waals surface area (Å²) in [4.78, 5) is 12.3. The van der Waals surface area contributed by atoms with Gasteiger partial charge in [0.15, 0.2) is 0 Å². The number of carbonyl (C=O) groups is 1. The highest BCUT2D eigenvalue weighted by Crippen LogP contribution is 2.18. The van der Waals surface area contributed by atoms with E-state index < -0.39 is 6.04 Å². The Kier molecular flexibility index (Phi) is 4.76. The molecule has 0 aromatic heterocycles. The molecule has 2 atom stereocenters. The zero-order chi connectivity index (χ0) is 15.4. The fourth-order valence-electron chi connectivity index (χ4n) is 2.38. The normalized spacial score (nSPS) is 13.5. The Balaban J connectivity index is 2.07. The lowest BCUT2D eigenvalue weighted by Gasteiger charge is -2.19. The van der Waals surface area contributed by atoms with E-state index in [-0.39, 0.29) is 11.9 Å². The molecule has 0 fully saturated rings. The van der Waals surface area contributed by atoms with Crippen molar-refractivity contribution < 1.29 is 4.79 Å². The SMILES string of the molecule is Cc1ccc(C(N)C(=O)N[C@@H](C)c2ccccc2C)cc1. The van der Waals surface area contributed by atoms with E-state index in [0.29, 0.717) is 0 Å². The average molecular weight is 282 g/mol. The van der Waals surface area contributed by atoms with Gasteiger partial charge < -0.3 is 11.1 Å². The summed E-state index contributed by atoms with van der Waals surface area (Å²) in [5, 5.41) is 2.99. The lowest BCUT2D eigenvalue weighted by molar-refractivity contribution is -0.123. The molecule has 2 aromatic carbocycles. The van der Waals surface area contributed by atoms with Gasteiger partial charge in [-0.3, -0.25) is 4.79 Å². The molecule has 110 valence electrons. The van der Waals surface area contributed by atoms with Crippen molar-refractivity contribution in [3.8, 4) is 0 Å². The van der Waals surface area contributed by atoms with Gasteiger partial charge in [0.1, 0.15) is 6.04 Å². The highest BCUT2D eigenvalue weighted by Gasteiger charge is 2.18. The minimum absolute atomic E-state index is 0.0600. The van der Waals surface area contributed by atoms with Gasteiger partial charge in [-0.15, -0.1) is 0 Å². The third-order valence-corrected chi connectivity index (χ3v) is 3.73. The van der Waals surface area contributed by atoms with Crippen LogP contribution in [0.5, 0.6) is 0 Å². The maximum Gasteiger partial charge on any atom is 0.241 e. The van der Waals surface area contributed by atoms with E-state index in [1.165, 1.54) is 0 Å². The lowest BCUT2D eigenvalue weighted by Crippen LogP contribution is -2.35. The summed E-state index contributed by atoms with van der Waals surface area (Å²) in [5.74, 6) is -0.158. The second kappa shape index (κ2) is 6.55. The number of nitrogens with one attached hydrogen (secondary N) is 1. The first-order valence-corrected chi connectivity index (χ1v) is 7.17. The van der Waals surface area contributed by atoms with E-state index in [1.807, 2.05) is 69.3 Å². The van der Waals surface area contributed by atoms with Gasteiger partial charge in [-0.05, 0) is 37.5 Å². The molecule has 2 rings (SSSR count). The van der Waals surface area contributed by atoms with Gasteiger partial charge in [0.05, 0.1) is 6.04 Å². The quantitative estimate of drug-likeness (QED) is 0.905. The van der Waals surface area contributed by atoms with Crippen LogP contribution in [0.4, 0.5) is 0 Å². The number of amides is 1. The van der Waals surface area contributed by atoms with Crippen molar-refractivity contribution >= 4 is 5.91 Å². The Hall–Kier alpha value is -2.13. The van der Waals surface area contributed by atoms with Gasteiger partial charge in [-0.2, -0.15) is 0 Å². The summed E-state index contributed by atoms with van der Waals surface area (Å²) in [6, 6.07) is 15.1. The number of aryl methyl sites for hydroxylation is 2. The van der Waals surface area contributed by atoms with Crippen LogP contribution in [-0.2, 0) is 4.79 Å². The summed E-state index contributed by atoms with van der Waals surface area (Å²) in [6.45, 7) is 6.02. The smallest absolute Gasteiger partial charge is 0.241 e. The Morgan fingerprint density at radius 1 is 1.05 bits per heavy atom.